The normalized spacial score (nSPS) is 9.06. The molecule has 0 unspecified atom stereocenters. The van der Waals surface area contributed by atoms with Crippen LogP contribution in [-0.2, 0) is 11.4 Å². The van der Waals surface area contributed by atoms with Crippen molar-refractivity contribution in [2.45, 2.75) is 6.61 Å². The lowest BCUT2D eigenvalue weighted by Crippen LogP contribution is -1.96. The summed E-state index contributed by atoms with van der Waals surface area (Å²) in [4.78, 5) is 20.2. The third-order valence-corrected chi connectivity index (χ3v) is 1.61. The molecular formula is C11H10O5. The van der Waals surface area contributed by atoms with Crippen molar-refractivity contribution < 1.29 is 23.5 Å². The maximum atomic E-state index is 10.4. The van der Waals surface area contributed by atoms with E-state index < -0.39 is 5.78 Å². The molecule has 1 N–H and O–H groups in total. The lowest BCUT2D eigenvalue weighted by Gasteiger charge is -1.79. The van der Waals surface area contributed by atoms with Crippen LogP contribution in [0.15, 0.2) is 45.6 Å². The molecule has 2 aromatic rings. The second kappa shape index (κ2) is 6.36. The zero-order chi connectivity index (χ0) is 11.8. The fourth-order valence-electron chi connectivity index (χ4n) is 0.879. The van der Waals surface area contributed by atoms with Crippen molar-refractivity contribution >= 4 is 12.1 Å². The molecule has 0 fully saturated rings. The van der Waals surface area contributed by atoms with Gasteiger partial charge in [-0.2, -0.15) is 0 Å². The van der Waals surface area contributed by atoms with Crippen LogP contribution < -0.4 is 0 Å². The molecule has 0 aromatic carbocycles. The fourth-order valence-corrected chi connectivity index (χ4v) is 0.879. The van der Waals surface area contributed by atoms with E-state index in [4.69, 9.17) is 9.52 Å². The molecule has 84 valence electrons. The number of aldehydes is 1. The minimum atomic E-state index is -0.625. The van der Waals surface area contributed by atoms with Crippen LogP contribution in [-0.4, -0.2) is 17.2 Å². The molecule has 0 aliphatic heterocycles. The predicted octanol–water partition coefficient (Wildman–Crippen LogP) is 1.43. The highest BCUT2D eigenvalue weighted by molar-refractivity contribution is 6.32. The summed E-state index contributed by atoms with van der Waals surface area (Å²) in [7, 11) is 0. The molecule has 0 spiro atoms. The average molecular weight is 222 g/mol. The largest absolute Gasteiger partial charge is 0.467 e. The first-order chi connectivity index (χ1) is 7.77. The van der Waals surface area contributed by atoms with Crippen LogP contribution in [0.1, 0.15) is 16.3 Å². The summed E-state index contributed by atoms with van der Waals surface area (Å²) < 4.78 is 9.34. The molecule has 0 bridgehead atoms. The van der Waals surface area contributed by atoms with Crippen molar-refractivity contribution in [3.05, 3.63) is 48.3 Å². The molecule has 0 atom stereocenters. The average Bonchev–Trinajstić information content (AvgIpc) is 3.01. The quantitative estimate of drug-likeness (QED) is 0.482. The SMILES string of the molecule is O=CC(=O)c1ccco1.OCc1ccco1. The van der Waals surface area contributed by atoms with Crippen molar-refractivity contribution in [2.24, 2.45) is 0 Å². The molecule has 0 saturated carbocycles. The number of furan rings is 2. The zero-order valence-corrected chi connectivity index (χ0v) is 8.33. The second-order valence-electron chi connectivity index (χ2n) is 2.70. The molecular weight excluding hydrogens is 212 g/mol. The zero-order valence-electron chi connectivity index (χ0n) is 8.33. The van der Waals surface area contributed by atoms with Crippen LogP contribution in [0.5, 0.6) is 0 Å². The number of carbonyl (C=O) groups is 2. The van der Waals surface area contributed by atoms with E-state index in [1.54, 1.807) is 18.2 Å². The van der Waals surface area contributed by atoms with Crippen molar-refractivity contribution in [3.8, 4) is 0 Å². The molecule has 0 amide bonds. The van der Waals surface area contributed by atoms with Gasteiger partial charge in [-0.3, -0.25) is 9.59 Å². The van der Waals surface area contributed by atoms with Gasteiger partial charge in [-0.05, 0) is 24.3 Å². The van der Waals surface area contributed by atoms with E-state index in [0.29, 0.717) is 5.76 Å². The van der Waals surface area contributed by atoms with Gasteiger partial charge < -0.3 is 13.9 Å². The van der Waals surface area contributed by atoms with Crippen LogP contribution in [0.3, 0.4) is 0 Å². The van der Waals surface area contributed by atoms with E-state index in [1.165, 1.54) is 18.6 Å². The minimum Gasteiger partial charge on any atom is -0.467 e. The van der Waals surface area contributed by atoms with Gasteiger partial charge in [0.15, 0.2) is 12.0 Å². The topological polar surface area (TPSA) is 80.7 Å². The van der Waals surface area contributed by atoms with E-state index >= 15 is 0 Å². The van der Waals surface area contributed by atoms with E-state index in [9.17, 15) is 9.59 Å². The lowest BCUT2D eigenvalue weighted by molar-refractivity contribution is -0.104. The van der Waals surface area contributed by atoms with Gasteiger partial charge in [0.05, 0.1) is 12.5 Å². The molecule has 0 saturated heterocycles. The Labute approximate surface area is 91.3 Å². The van der Waals surface area contributed by atoms with Gasteiger partial charge in [-0.1, -0.05) is 0 Å². The summed E-state index contributed by atoms with van der Waals surface area (Å²) in [5.74, 6) is 0.0741. The van der Waals surface area contributed by atoms with Crippen molar-refractivity contribution in [2.75, 3.05) is 0 Å². The first kappa shape index (κ1) is 11.9. The number of hydrogen-bond donors (Lipinski definition) is 1. The minimum absolute atomic E-state index is 0.00694. The summed E-state index contributed by atoms with van der Waals surface area (Å²) in [6.07, 6.45) is 3.10. The Hall–Kier alpha value is -2.14. The van der Waals surface area contributed by atoms with Crippen LogP contribution in [0.2, 0.25) is 0 Å². The van der Waals surface area contributed by atoms with Crippen molar-refractivity contribution in [3.63, 3.8) is 0 Å². The standard InChI is InChI=1S/C6H4O3.C5H6O2/c7-4-5(8)6-2-1-3-9-6;6-4-5-2-1-3-7-5/h1-4H;1-3,6H,4H2. The van der Waals surface area contributed by atoms with Crippen molar-refractivity contribution in [1.29, 1.82) is 0 Å². The summed E-state index contributed by atoms with van der Waals surface area (Å²) in [5, 5.41) is 8.33. The Morgan fingerprint density at radius 3 is 2.31 bits per heavy atom. The highest BCUT2D eigenvalue weighted by Crippen LogP contribution is 1.98. The summed E-state index contributed by atoms with van der Waals surface area (Å²) in [6.45, 7) is -0.00694. The van der Waals surface area contributed by atoms with Crippen LogP contribution in [0.25, 0.3) is 0 Å². The molecule has 2 heterocycles. The van der Waals surface area contributed by atoms with E-state index in [0.717, 1.165) is 0 Å². The van der Waals surface area contributed by atoms with Gasteiger partial charge in [0.1, 0.15) is 12.4 Å². The van der Waals surface area contributed by atoms with E-state index in [-0.39, 0.29) is 18.7 Å². The van der Waals surface area contributed by atoms with Gasteiger partial charge in [-0.15, -0.1) is 0 Å². The fraction of sp³-hybridized carbons (Fsp3) is 0.0909. The number of aliphatic hydroxyl groups excluding tert-OH is 1. The van der Waals surface area contributed by atoms with E-state index in [1.807, 2.05) is 0 Å². The van der Waals surface area contributed by atoms with Crippen LogP contribution in [0.4, 0.5) is 0 Å². The Bertz CT molecular complexity index is 413. The van der Waals surface area contributed by atoms with Gasteiger partial charge in [-0.25, -0.2) is 0 Å². The number of aliphatic hydroxyl groups is 1. The molecule has 5 nitrogen and oxygen atoms in total. The van der Waals surface area contributed by atoms with Crippen LogP contribution in [0, 0.1) is 0 Å². The first-order valence-electron chi connectivity index (χ1n) is 4.44. The number of hydrogen-bond acceptors (Lipinski definition) is 5. The third kappa shape index (κ3) is 3.55. The molecule has 16 heavy (non-hydrogen) atoms. The molecule has 2 rings (SSSR count). The third-order valence-electron chi connectivity index (χ3n) is 1.61. The van der Waals surface area contributed by atoms with E-state index in [2.05, 4.69) is 4.42 Å². The van der Waals surface area contributed by atoms with Crippen LogP contribution >= 0.6 is 0 Å². The van der Waals surface area contributed by atoms with Gasteiger partial charge in [0.25, 0.3) is 5.78 Å². The summed E-state index contributed by atoms with van der Waals surface area (Å²) >= 11 is 0. The number of carbonyl (C=O) groups excluding carboxylic acids is 2. The molecule has 2 aromatic heterocycles. The Balaban J connectivity index is 0.000000165. The number of Topliss-reactive ketones (excluding diaryl/α,β-unsaturated/α-hetero) is 1. The molecule has 5 heteroatoms. The summed E-state index contributed by atoms with van der Waals surface area (Å²) in [6, 6.07) is 6.46. The second-order valence-corrected chi connectivity index (χ2v) is 2.70. The monoisotopic (exact) mass is 222 g/mol. The molecule has 0 aliphatic carbocycles. The van der Waals surface area contributed by atoms with Crippen molar-refractivity contribution in [1.82, 2.24) is 0 Å². The molecule has 0 radical (unpaired) electrons. The van der Waals surface area contributed by atoms with Gasteiger partial charge in [0, 0.05) is 0 Å². The first-order valence-corrected chi connectivity index (χ1v) is 4.44. The lowest BCUT2D eigenvalue weighted by atomic mass is 10.3. The maximum absolute atomic E-state index is 10.4. The smallest absolute Gasteiger partial charge is 0.260 e. The Morgan fingerprint density at radius 1 is 1.25 bits per heavy atom. The highest BCUT2D eigenvalue weighted by Gasteiger charge is 2.04. The number of rotatable bonds is 3. The van der Waals surface area contributed by atoms with Gasteiger partial charge in [0.2, 0.25) is 0 Å². The molecule has 0 aliphatic rings. The Kier molecular flexibility index (Phi) is 4.75. The van der Waals surface area contributed by atoms with Gasteiger partial charge >= 0.3 is 0 Å². The number of ketones is 1. The predicted molar refractivity (Wildman–Crippen MR) is 53.7 cm³/mol. The Morgan fingerprint density at radius 2 is 1.94 bits per heavy atom. The summed E-state index contributed by atoms with van der Waals surface area (Å²) in [5.41, 5.74) is 0. The maximum Gasteiger partial charge on any atom is 0.260 e. The highest BCUT2D eigenvalue weighted by atomic mass is 16.4.